The van der Waals surface area contributed by atoms with Crippen LogP contribution in [0.5, 0.6) is 0 Å². The Balaban J connectivity index is 2.19. The zero-order valence-corrected chi connectivity index (χ0v) is 12.2. The number of hydrogen-bond donors (Lipinski definition) is 2. The van der Waals surface area contributed by atoms with Crippen LogP contribution >= 0.6 is 15.9 Å². The Labute approximate surface area is 116 Å². The first-order valence-corrected chi connectivity index (χ1v) is 7.15. The highest BCUT2D eigenvalue weighted by molar-refractivity contribution is 9.10. The molecule has 1 amide bonds. The van der Waals surface area contributed by atoms with Gasteiger partial charge in [0.1, 0.15) is 0 Å². The molecule has 0 atom stereocenters. The lowest BCUT2D eigenvalue weighted by molar-refractivity contribution is 0.0902. The van der Waals surface area contributed by atoms with Crippen LogP contribution in [0.4, 0.5) is 0 Å². The maximum absolute atomic E-state index is 12.3. The van der Waals surface area contributed by atoms with Crippen LogP contribution in [0, 0.1) is 6.92 Å². The quantitative estimate of drug-likeness (QED) is 0.902. The molecule has 1 fully saturated rings. The van der Waals surface area contributed by atoms with E-state index in [1.165, 1.54) is 0 Å². The molecule has 98 valence electrons. The number of aryl methyl sites for hydroxylation is 1. The van der Waals surface area contributed by atoms with Crippen LogP contribution in [-0.4, -0.2) is 18.0 Å². The average Bonchev–Trinajstić information content (AvgIpc) is 2.81. The Morgan fingerprint density at radius 1 is 1.44 bits per heavy atom. The van der Waals surface area contributed by atoms with Gasteiger partial charge in [0.15, 0.2) is 0 Å². The summed E-state index contributed by atoms with van der Waals surface area (Å²) in [6, 6.07) is 5.72. The molecule has 0 heterocycles. The second-order valence-corrected chi connectivity index (χ2v) is 5.88. The van der Waals surface area contributed by atoms with Gasteiger partial charge in [-0.05, 0) is 47.3 Å². The van der Waals surface area contributed by atoms with E-state index in [9.17, 15) is 4.79 Å². The van der Waals surface area contributed by atoms with Crippen LogP contribution in [-0.2, 0) is 0 Å². The van der Waals surface area contributed by atoms with Crippen molar-refractivity contribution in [1.82, 2.24) is 5.32 Å². The van der Waals surface area contributed by atoms with Crippen LogP contribution in [0.2, 0.25) is 0 Å². The van der Waals surface area contributed by atoms with Crippen molar-refractivity contribution in [2.45, 2.75) is 38.1 Å². The zero-order chi connectivity index (χ0) is 13.2. The van der Waals surface area contributed by atoms with E-state index in [1.54, 1.807) is 0 Å². The van der Waals surface area contributed by atoms with Crippen molar-refractivity contribution >= 4 is 21.8 Å². The van der Waals surface area contributed by atoms with E-state index in [0.717, 1.165) is 35.7 Å². The van der Waals surface area contributed by atoms with Gasteiger partial charge < -0.3 is 11.1 Å². The van der Waals surface area contributed by atoms with Gasteiger partial charge in [-0.2, -0.15) is 0 Å². The fraction of sp³-hybridized carbons (Fsp3) is 0.500. The summed E-state index contributed by atoms with van der Waals surface area (Å²) in [5.74, 6) is -0.0297. The van der Waals surface area contributed by atoms with Crippen molar-refractivity contribution in [3.05, 3.63) is 33.8 Å². The van der Waals surface area contributed by atoms with E-state index in [0.29, 0.717) is 12.1 Å². The Hall–Kier alpha value is -0.870. The van der Waals surface area contributed by atoms with Gasteiger partial charge in [-0.15, -0.1) is 0 Å². The Morgan fingerprint density at radius 2 is 2.11 bits per heavy atom. The minimum atomic E-state index is -0.194. The second-order valence-electron chi connectivity index (χ2n) is 5.08. The summed E-state index contributed by atoms with van der Waals surface area (Å²) >= 11 is 3.48. The molecular weight excluding hydrogens is 292 g/mol. The van der Waals surface area contributed by atoms with E-state index < -0.39 is 0 Å². The van der Waals surface area contributed by atoms with Crippen molar-refractivity contribution in [1.29, 1.82) is 0 Å². The lowest BCUT2D eigenvalue weighted by atomic mass is 9.97. The summed E-state index contributed by atoms with van der Waals surface area (Å²) in [7, 11) is 0. The van der Waals surface area contributed by atoms with E-state index in [1.807, 2.05) is 25.1 Å². The largest absolute Gasteiger partial charge is 0.345 e. The standard InChI is InChI=1S/C14H19BrN2O/c1-10-5-4-6-11(12(10)15)13(18)17-14(9-16)7-2-3-8-14/h4-6H,2-3,7-9,16H2,1H3,(H,17,18). The normalized spacial score (nSPS) is 17.7. The molecule has 3 nitrogen and oxygen atoms in total. The molecule has 3 N–H and O–H groups in total. The number of benzene rings is 1. The van der Waals surface area contributed by atoms with Crippen LogP contribution in [0.15, 0.2) is 22.7 Å². The monoisotopic (exact) mass is 310 g/mol. The molecule has 0 aromatic heterocycles. The van der Waals surface area contributed by atoms with Gasteiger partial charge in [-0.25, -0.2) is 0 Å². The molecular formula is C14H19BrN2O. The average molecular weight is 311 g/mol. The van der Waals surface area contributed by atoms with E-state index >= 15 is 0 Å². The summed E-state index contributed by atoms with van der Waals surface area (Å²) < 4.78 is 0.868. The molecule has 1 aromatic rings. The molecule has 1 saturated carbocycles. The smallest absolute Gasteiger partial charge is 0.252 e. The van der Waals surface area contributed by atoms with Crippen molar-refractivity contribution in [2.75, 3.05) is 6.54 Å². The fourth-order valence-electron chi connectivity index (χ4n) is 2.56. The van der Waals surface area contributed by atoms with Gasteiger partial charge in [-0.3, -0.25) is 4.79 Å². The SMILES string of the molecule is Cc1cccc(C(=O)NC2(CN)CCCC2)c1Br. The molecule has 0 spiro atoms. The molecule has 1 aliphatic carbocycles. The number of hydrogen-bond acceptors (Lipinski definition) is 2. The highest BCUT2D eigenvalue weighted by atomic mass is 79.9. The van der Waals surface area contributed by atoms with Gasteiger partial charge in [0, 0.05) is 11.0 Å². The van der Waals surface area contributed by atoms with Gasteiger partial charge in [0.2, 0.25) is 0 Å². The maximum atomic E-state index is 12.3. The number of nitrogens with two attached hydrogens (primary N) is 1. The molecule has 0 bridgehead atoms. The minimum Gasteiger partial charge on any atom is -0.345 e. The third-order valence-corrected chi connectivity index (χ3v) is 4.82. The topological polar surface area (TPSA) is 55.1 Å². The van der Waals surface area contributed by atoms with Crippen LogP contribution in [0.25, 0.3) is 0 Å². The first-order valence-electron chi connectivity index (χ1n) is 6.36. The van der Waals surface area contributed by atoms with Crippen LogP contribution in [0.1, 0.15) is 41.6 Å². The highest BCUT2D eigenvalue weighted by Gasteiger charge is 2.34. The van der Waals surface area contributed by atoms with Gasteiger partial charge in [-0.1, -0.05) is 25.0 Å². The maximum Gasteiger partial charge on any atom is 0.252 e. The number of nitrogens with one attached hydrogen (secondary N) is 1. The molecule has 1 aliphatic rings. The number of rotatable bonds is 3. The fourth-order valence-corrected chi connectivity index (χ4v) is 3.01. The van der Waals surface area contributed by atoms with Crippen molar-refractivity contribution in [3.8, 4) is 0 Å². The van der Waals surface area contributed by atoms with E-state index in [4.69, 9.17) is 5.73 Å². The number of carbonyl (C=O) groups excluding carboxylic acids is 1. The van der Waals surface area contributed by atoms with E-state index in [2.05, 4.69) is 21.2 Å². The molecule has 0 unspecified atom stereocenters. The summed E-state index contributed by atoms with van der Waals surface area (Å²) in [5, 5.41) is 3.13. The zero-order valence-electron chi connectivity index (χ0n) is 10.6. The molecule has 2 rings (SSSR count). The summed E-state index contributed by atoms with van der Waals surface area (Å²) in [5.41, 5.74) is 7.40. The first kappa shape index (κ1) is 13.6. The Morgan fingerprint density at radius 3 is 2.72 bits per heavy atom. The Bertz CT molecular complexity index is 453. The predicted molar refractivity (Wildman–Crippen MR) is 76.6 cm³/mol. The molecule has 0 aliphatic heterocycles. The Kier molecular flexibility index (Phi) is 4.07. The molecule has 1 aromatic carbocycles. The van der Waals surface area contributed by atoms with Gasteiger partial charge in [0.25, 0.3) is 5.91 Å². The summed E-state index contributed by atoms with van der Waals surface area (Å²) in [6.45, 7) is 2.50. The summed E-state index contributed by atoms with van der Waals surface area (Å²) in [6.07, 6.45) is 4.26. The number of carbonyl (C=O) groups is 1. The second kappa shape index (κ2) is 5.41. The predicted octanol–water partition coefficient (Wildman–Crippen LogP) is 2.76. The van der Waals surface area contributed by atoms with Crippen molar-refractivity contribution < 1.29 is 4.79 Å². The molecule has 18 heavy (non-hydrogen) atoms. The lowest BCUT2D eigenvalue weighted by Crippen LogP contribution is -2.51. The first-order chi connectivity index (χ1) is 8.58. The number of amides is 1. The summed E-state index contributed by atoms with van der Waals surface area (Å²) in [4.78, 5) is 12.3. The lowest BCUT2D eigenvalue weighted by Gasteiger charge is -2.29. The third kappa shape index (κ3) is 2.59. The van der Waals surface area contributed by atoms with Crippen LogP contribution < -0.4 is 11.1 Å². The number of halogens is 1. The molecule has 0 radical (unpaired) electrons. The van der Waals surface area contributed by atoms with Crippen molar-refractivity contribution in [3.63, 3.8) is 0 Å². The molecule has 0 saturated heterocycles. The molecule has 4 heteroatoms. The van der Waals surface area contributed by atoms with E-state index in [-0.39, 0.29) is 11.4 Å². The van der Waals surface area contributed by atoms with Gasteiger partial charge in [0.05, 0.1) is 11.1 Å². The van der Waals surface area contributed by atoms with Crippen molar-refractivity contribution in [2.24, 2.45) is 5.73 Å². The van der Waals surface area contributed by atoms with Gasteiger partial charge >= 0.3 is 0 Å². The third-order valence-electron chi connectivity index (χ3n) is 3.77. The van der Waals surface area contributed by atoms with Crippen LogP contribution in [0.3, 0.4) is 0 Å². The minimum absolute atomic E-state index is 0.0297. The highest BCUT2D eigenvalue weighted by Crippen LogP contribution is 2.30.